The molecule has 8 nitrogen and oxygen atoms in total. The van der Waals surface area contributed by atoms with Crippen LogP contribution in [0.5, 0.6) is 0 Å². The minimum absolute atomic E-state index is 0.355. The van der Waals surface area contributed by atoms with Crippen LogP contribution in [-0.4, -0.2) is 68.9 Å². The summed E-state index contributed by atoms with van der Waals surface area (Å²) >= 11 is 0. The van der Waals surface area contributed by atoms with Crippen molar-refractivity contribution in [1.29, 1.82) is 0 Å². The highest BCUT2D eigenvalue weighted by Gasteiger charge is 2.43. The lowest BCUT2D eigenvalue weighted by molar-refractivity contribution is -0.0508. The molecule has 0 aliphatic carbocycles. The quantitative estimate of drug-likeness (QED) is 0.674. The van der Waals surface area contributed by atoms with Gasteiger partial charge in [-0.15, -0.1) is 0 Å². The Balaban J connectivity index is 2.04. The van der Waals surface area contributed by atoms with Gasteiger partial charge in [-0.05, 0) is 6.07 Å². The minimum Gasteiger partial charge on any atom is -0.394 e. The van der Waals surface area contributed by atoms with Crippen LogP contribution < -0.4 is 4.90 Å². The van der Waals surface area contributed by atoms with Crippen LogP contribution in [0.15, 0.2) is 18.6 Å². The van der Waals surface area contributed by atoms with E-state index in [2.05, 4.69) is 9.97 Å². The number of anilines is 1. The number of nitrogens with zero attached hydrogens (tertiary/aromatic N) is 4. The summed E-state index contributed by atoms with van der Waals surface area (Å²) in [5, 5.41) is 29.9. The van der Waals surface area contributed by atoms with Gasteiger partial charge in [0, 0.05) is 20.3 Å². The SMILES string of the molecule is CN(C)c1ncnc2c1ccn2[C@H]1O[C@@H](CO)[C@@H](O)[C@H]1O. The topological polar surface area (TPSA) is 104 Å². The summed E-state index contributed by atoms with van der Waals surface area (Å²) in [5.74, 6) is 0.755. The van der Waals surface area contributed by atoms with Gasteiger partial charge in [-0.3, -0.25) is 0 Å². The van der Waals surface area contributed by atoms with Gasteiger partial charge in [0.1, 0.15) is 36.1 Å². The van der Waals surface area contributed by atoms with E-state index in [9.17, 15) is 10.2 Å². The molecule has 4 atom stereocenters. The fourth-order valence-corrected chi connectivity index (χ4v) is 2.63. The summed E-state index contributed by atoms with van der Waals surface area (Å²) in [4.78, 5) is 10.3. The Kier molecular flexibility index (Phi) is 3.54. The molecule has 0 bridgehead atoms. The smallest absolute Gasteiger partial charge is 0.164 e. The summed E-state index contributed by atoms with van der Waals surface area (Å²) < 4.78 is 7.17. The van der Waals surface area contributed by atoms with Crippen LogP contribution in [0.4, 0.5) is 5.82 Å². The zero-order valence-corrected chi connectivity index (χ0v) is 11.8. The molecule has 3 heterocycles. The number of aliphatic hydroxyl groups excluding tert-OH is 3. The fraction of sp³-hybridized carbons (Fsp3) is 0.538. The first-order valence-corrected chi connectivity index (χ1v) is 6.66. The number of rotatable bonds is 3. The third kappa shape index (κ3) is 2.16. The largest absolute Gasteiger partial charge is 0.394 e. The number of ether oxygens (including phenoxy) is 1. The third-order valence-electron chi connectivity index (χ3n) is 3.70. The second-order valence-corrected chi connectivity index (χ2v) is 5.28. The highest BCUT2D eigenvalue weighted by Crippen LogP contribution is 2.33. The molecule has 0 radical (unpaired) electrons. The van der Waals surface area contributed by atoms with Crippen molar-refractivity contribution in [3.05, 3.63) is 18.6 Å². The van der Waals surface area contributed by atoms with E-state index in [4.69, 9.17) is 9.84 Å². The predicted molar refractivity (Wildman–Crippen MR) is 74.9 cm³/mol. The molecule has 0 saturated carbocycles. The molecule has 114 valence electrons. The zero-order valence-electron chi connectivity index (χ0n) is 11.8. The molecular weight excluding hydrogens is 276 g/mol. The van der Waals surface area contributed by atoms with Gasteiger partial charge in [0.2, 0.25) is 0 Å². The molecule has 21 heavy (non-hydrogen) atoms. The fourth-order valence-electron chi connectivity index (χ4n) is 2.63. The average molecular weight is 294 g/mol. The van der Waals surface area contributed by atoms with Crippen LogP contribution in [0, 0.1) is 0 Å². The Hall–Kier alpha value is -1.74. The molecule has 3 rings (SSSR count). The Morgan fingerprint density at radius 2 is 2.05 bits per heavy atom. The second-order valence-electron chi connectivity index (χ2n) is 5.28. The Morgan fingerprint density at radius 1 is 1.29 bits per heavy atom. The first-order chi connectivity index (χ1) is 10.0. The van der Waals surface area contributed by atoms with Crippen molar-refractivity contribution in [2.45, 2.75) is 24.5 Å². The first-order valence-electron chi connectivity index (χ1n) is 6.66. The monoisotopic (exact) mass is 294 g/mol. The number of aromatic nitrogens is 3. The molecule has 0 spiro atoms. The van der Waals surface area contributed by atoms with Crippen molar-refractivity contribution in [2.24, 2.45) is 0 Å². The molecular formula is C13H18N4O4. The van der Waals surface area contributed by atoms with E-state index in [0.717, 1.165) is 11.2 Å². The van der Waals surface area contributed by atoms with Crippen LogP contribution >= 0.6 is 0 Å². The highest BCUT2D eigenvalue weighted by molar-refractivity contribution is 5.87. The maximum absolute atomic E-state index is 10.1. The molecule has 8 heteroatoms. The standard InChI is InChI=1S/C13H18N4O4/c1-16(2)11-7-3-4-17(12(7)15-6-14-11)13-10(20)9(19)8(5-18)21-13/h3-4,6,8-10,13,18-20H,5H2,1-2H3/t8-,9+,10+,13-/m0/s1. The lowest BCUT2D eigenvalue weighted by Gasteiger charge is -2.18. The van der Waals surface area contributed by atoms with Crippen LogP contribution in [0.3, 0.4) is 0 Å². The zero-order chi connectivity index (χ0) is 15.1. The van der Waals surface area contributed by atoms with E-state index in [0.29, 0.717) is 5.65 Å². The molecule has 0 aromatic carbocycles. The average Bonchev–Trinajstić information content (AvgIpc) is 3.01. The van der Waals surface area contributed by atoms with Crippen molar-refractivity contribution in [2.75, 3.05) is 25.6 Å². The van der Waals surface area contributed by atoms with Crippen LogP contribution in [0.2, 0.25) is 0 Å². The van der Waals surface area contributed by atoms with E-state index < -0.39 is 24.5 Å². The van der Waals surface area contributed by atoms with Crippen molar-refractivity contribution in [1.82, 2.24) is 14.5 Å². The summed E-state index contributed by atoms with van der Waals surface area (Å²) in [6.07, 6.45) is -0.692. The van der Waals surface area contributed by atoms with E-state index in [-0.39, 0.29) is 6.61 Å². The molecule has 2 aromatic heterocycles. The second kappa shape index (κ2) is 5.23. The molecule has 0 amide bonds. The minimum atomic E-state index is -1.13. The highest BCUT2D eigenvalue weighted by atomic mass is 16.6. The van der Waals surface area contributed by atoms with E-state index in [1.165, 1.54) is 6.33 Å². The van der Waals surface area contributed by atoms with Gasteiger partial charge in [-0.1, -0.05) is 0 Å². The van der Waals surface area contributed by atoms with Gasteiger partial charge >= 0.3 is 0 Å². The normalized spacial score (nSPS) is 29.2. The number of hydrogen-bond acceptors (Lipinski definition) is 7. The van der Waals surface area contributed by atoms with Gasteiger partial charge in [-0.2, -0.15) is 0 Å². The molecule has 1 aliphatic heterocycles. The molecule has 1 fully saturated rings. The maximum atomic E-state index is 10.1. The predicted octanol–water partition coefficient (Wildman–Crippen LogP) is -0.891. The van der Waals surface area contributed by atoms with Gasteiger partial charge in [0.05, 0.1) is 12.0 Å². The van der Waals surface area contributed by atoms with E-state index >= 15 is 0 Å². The molecule has 1 saturated heterocycles. The number of hydrogen-bond donors (Lipinski definition) is 3. The maximum Gasteiger partial charge on any atom is 0.164 e. The Labute approximate surface area is 121 Å². The Bertz CT molecular complexity index is 644. The van der Waals surface area contributed by atoms with Gasteiger partial charge in [0.25, 0.3) is 0 Å². The molecule has 0 unspecified atom stereocenters. The molecule has 3 N–H and O–H groups in total. The van der Waals surface area contributed by atoms with Gasteiger partial charge in [-0.25, -0.2) is 9.97 Å². The van der Waals surface area contributed by atoms with Crippen molar-refractivity contribution in [3.63, 3.8) is 0 Å². The lowest BCUT2D eigenvalue weighted by Crippen LogP contribution is -2.33. The van der Waals surface area contributed by atoms with Gasteiger partial charge < -0.3 is 29.5 Å². The van der Waals surface area contributed by atoms with Gasteiger partial charge in [0.15, 0.2) is 6.23 Å². The molecule has 2 aromatic rings. The Morgan fingerprint density at radius 3 is 2.67 bits per heavy atom. The van der Waals surface area contributed by atoms with Crippen molar-refractivity contribution in [3.8, 4) is 0 Å². The summed E-state index contributed by atoms with van der Waals surface area (Å²) in [7, 11) is 3.76. The third-order valence-corrected chi connectivity index (χ3v) is 3.70. The van der Waals surface area contributed by atoms with E-state index in [1.807, 2.05) is 25.1 Å². The first kappa shape index (κ1) is 14.2. The lowest BCUT2D eigenvalue weighted by atomic mass is 10.1. The van der Waals surface area contributed by atoms with Crippen molar-refractivity contribution >= 4 is 16.9 Å². The van der Waals surface area contributed by atoms with E-state index in [1.54, 1.807) is 10.8 Å². The molecule has 1 aliphatic rings. The number of aliphatic hydroxyl groups is 3. The van der Waals surface area contributed by atoms with Crippen molar-refractivity contribution < 1.29 is 20.1 Å². The summed E-state index contributed by atoms with van der Waals surface area (Å²) in [5.41, 5.74) is 0.600. The number of fused-ring (bicyclic) bond motifs is 1. The van der Waals surface area contributed by atoms with Crippen LogP contribution in [0.25, 0.3) is 11.0 Å². The summed E-state index contributed by atoms with van der Waals surface area (Å²) in [6.45, 7) is -0.355. The van der Waals surface area contributed by atoms with Crippen LogP contribution in [0.1, 0.15) is 6.23 Å². The summed E-state index contributed by atoms with van der Waals surface area (Å²) in [6, 6.07) is 1.83. The van der Waals surface area contributed by atoms with Crippen LogP contribution in [-0.2, 0) is 4.74 Å².